The summed E-state index contributed by atoms with van der Waals surface area (Å²) in [4.78, 5) is 0. The van der Waals surface area contributed by atoms with E-state index < -0.39 is 0 Å². The standard InChI is InChI=1S/C12H24N2/c1-11(2,10-4-3-5-10)8-14-9-12(13)6-7-12/h10,14H,3-9,13H2,1-2H3. The van der Waals surface area contributed by atoms with Crippen molar-refractivity contribution in [3.8, 4) is 0 Å². The van der Waals surface area contributed by atoms with Gasteiger partial charge in [-0.05, 0) is 37.0 Å². The Balaban J connectivity index is 1.67. The zero-order valence-electron chi connectivity index (χ0n) is 9.60. The monoisotopic (exact) mass is 196 g/mol. The SMILES string of the molecule is CC(C)(CNCC1(N)CC1)C1CCC1. The maximum absolute atomic E-state index is 6.04. The molecule has 0 unspecified atom stereocenters. The van der Waals surface area contributed by atoms with Crippen molar-refractivity contribution >= 4 is 0 Å². The van der Waals surface area contributed by atoms with Crippen LogP contribution in [0, 0.1) is 11.3 Å². The summed E-state index contributed by atoms with van der Waals surface area (Å²) in [6.07, 6.45) is 6.73. The van der Waals surface area contributed by atoms with E-state index in [0.29, 0.717) is 5.41 Å². The first-order valence-corrected chi connectivity index (χ1v) is 6.02. The molecule has 2 aliphatic rings. The summed E-state index contributed by atoms with van der Waals surface area (Å²) in [5.41, 5.74) is 6.67. The molecule has 2 heteroatoms. The van der Waals surface area contributed by atoms with Gasteiger partial charge in [0.25, 0.3) is 0 Å². The van der Waals surface area contributed by atoms with Gasteiger partial charge >= 0.3 is 0 Å². The largest absolute Gasteiger partial charge is 0.324 e. The Bertz CT molecular complexity index is 202. The van der Waals surface area contributed by atoms with Gasteiger partial charge < -0.3 is 11.1 Å². The van der Waals surface area contributed by atoms with Crippen LogP contribution in [0.25, 0.3) is 0 Å². The Morgan fingerprint density at radius 2 is 2.00 bits per heavy atom. The molecule has 0 aromatic heterocycles. The minimum absolute atomic E-state index is 0.162. The van der Waals surface area contributed by atoms with Gasteiger partial charge in [-0.3, -0.25) is 0 Å². The van der Waals surface area contributed by atoms with Gasteiger partial charge in [0.05, 0.1) is 0 Å². The number of hydrogen-bond donors (Lipinski definition) is 2. The van der Waals surface area contributed by atoms with E-state index in [9.17, 15) is 0 Å². The number of nitrogens with two attached hydrogens (primary N) is 1. The summed E-state index contributed by atoms with van der Waals surface area (Å²) < 4.78 is 0. The highest BCUT2D eigenvalue weighted by molar-refractivity contribution is 5.00. The van der Waals surface area contributed by atoms with Crippen LogP contribution in [0.15, 0.2) is 0 Å². The molecule has 0 radical (unpaired) electrons. The van der Waals surface area contributed by atoms with E-state index in [2.05, 4.69) is 19.2 Å². The van der Waals surface area contributed by atoms with E-state index in [4.69, 9.17) is 5.73 Å². The molecule has 82 valence electrons. The van der Waals surface area contributed by atoms with Gasteiger partial charge in [-0.1, -0.05) is 20.3 Å². The lowest BCUT2D eigenvalue weighted by atomic mass is 9.67. The van der Waals surface area contributed by atoms with E-state index in [1.807, 2.05) is 0 Å². The second-order valence-corrected chi connectivity index (χ2v) is 6.08. The van der Waals surface area contributed by atoms with Gasteiger partial charge in [-0.15, -0.1) is 0 Å². The number of nitrogens with one attached hydrogen (secondary N) is 1. The smallest absolute Gasteiger partial charge is 0.0282 e. The summed E-state index contributed by atoms with van der Waals surface area (Å²) in [6.45, 7) is 6.93. The van der Waals surface area contributed by atoms with Gasteiger partial charge in [0, 0.05) is 18.6 Å². The van der Waals surface area contributed by atoms with Crippen molar-refractivity contribution in [3.63, 3.8) is 0 Å². The summed E-state index contributed by atoms with van der Waals surface area (Å²) in [6, 6.07) is 0. The molecular weight excluding hydrogens is 172 g/mol. The summed E-state index contributed by atoms with van der Waals surface area (Å²) in [5.74, 6) is 0.947. The molecule has 0 atom stereocenters. The summed E-state index contributed by atoms with van der Waals surface area (Å²) >= 11 is 0. The molecular formula is C12H24N2. The molecule has 0 amide bonds. The van der Waals surface area contributed by atoms with Crippen molar-refractivity contribution in [2.24, 2.45) is 17.1 Å². The highest BCUT2D eigenvalue weighted by Crippen LogP contribution is 2.41. The average Bonchev–Trinajstić information content (AvgIpc) is 2.62. The first kappa shape index (κ1) is 10.4. The van der Waals surface area contributed by atoms with E-state index in [1.54, 1.807) is 0 Å². The second kappa shape index (κ2) is 3.49. The van der Waals surface area contributed by atoms with E-state index >= 15 is 0 Å². The van der Waals surface area contributed by atoms with Gasteiger partial charge in [0.15, 0.2) is 0 Å². The van der Waals surface area contributed by atoms with Crippen LogP contribution < -0.4 is 11.1 Å². The van der Waals surface area contributed by atoms with Crippen molar-refractivity contribution in [3.05, 3.63) is 0 Å². The molecule has 3 N–H and O–H groups in total. The van der Waals surface area contributed by atoms with Crippen LogP contribution in [0.5, 0.6) is 0 Å². The van der Waals surface area contributed by atoms with Crippen LogP contribution >= 0.6 is 0 Å². The third-order valence-corrected chi connectivity index (χ3v) is 4.16. The molecule has 2 aliphatic carbocycles. The second-order valence-electron chi connectivity index (χ2n) is 6.08. The molecule has 0 aromatic carbocycles. The average molecular weight is 196 g/mol. The third-order valence-electron chi connectivity index (χ3n) is 4.16. The first-order chi connectivity index (χ1) is 6.52. The van der Waals surface area contributed by atoms with Crippen molar-refractivity contribution in [1.29, 1.82) is 0 Å². The first-order valence-electron chi connectivity index (χ1n) is 6.02. The minimum Gasteiger partial charge on any atom is -0.324 e. The molecule has 14 heavy (non-hydrogen) atoms. The molecule has 0 bridgehead atoms. The molecule has 0 aromatic rings. The van der Waals surface area contributed by atoms with Crippen LogP contribution in [0.2, 0.25) is 0 Å². The van der Waals surface area contributed by atoms with E-state index in [1.165, 1.54) is 32.1 Å². The van der Waals surface area contributed by atoms with E-state index in [-0.39, 0.29) is 5.54 Å². The van der Waals surface area contributed by atoms with Gasteiger partial charge in [0.1, 0.15) is 0 Å². The number of rotatable bonds is 5. The normalized spacial score (nSPS) is 25.9. The van der Waals surface area contributed by atoms with E-state index in [0.717, 1.165) is 19.0 Å². The Kier molecular flexibility index (Phi) is 2.61. The molecule has 0 spiro atoms. The zero-order valence-corrected chi connectivity index (χ0v) is 9.60. The lowest BCUT2D eigenvalue weighted by molar-refractivity contribution is 0.118. The molecule has 2 nitrogen and oxygen atoms in total. The molecule has 2 saturated carbocycles. The van der Waals surface area contributed by atoms with Crippen molar-refractivity contribution in [2.45, 2.75) is 51.5 Å². The molecule has 2 fully saturated rings. The number of hydrogen-bond acceptors (Lipinski definition) is 2. The topological polar surface area (TPSA) is 38.0 Å². The Morgan fingerprint density at radius 1 is 1.36 bits per heavy atom. The van der Waals surface area contributed by atoms with Crippen molar-refractivity contribution in [2.75, 3.05) is 13.1 Å². The third kappa shape index (κ3) is 2.29. The maximum atomic E-state index is 6.04. The maximum Gasteiger partial charge on any atom is 0.0282 e. The summed E-state index contributed by atoms with van der Waals surface area (Å²) in [5, 5.41) is 3.55. The van der Waals surface area contributed by atoms with Crippen LogP contribution in [0.3, 0.4) is 0 Å². The van der Waals surface area contributed by atoms with Crippen LogP contribution in [-0.2, 0) is 0 Å². The lowest BCUT2D eigenvalue weighted by Crippen LogP contribution is -2.43. The lowest BCUT2D eigenvalue weighted by Gasteiger charge is -2.40. The van der Waals surface area contributed by atoms with Crippen LogP contribution in [0.4, 0.5) is 0 Å². The minimum atomic E-state index is 0.162. The highest BCUT2D eigenvalue weighted by Gasteiger charge is 2.39. The molecule has 2 rings (SSSR count). The quantitative estimate of drug-likeness (QED) is 0.705. The van der Waals surface area contributed by atoms with Gasteiger partial charge in [-0.2, -0.15) is 0 Å². The highest BCUT2D eigenvalue weighted by atomic mass is 15.0. The fourth-order valence-corrected chi connectivity index (χ4v) is 2.31. The zero-order chi connectivity index (χ0) is 10.2. The Morgan fingerprint density at radius 3 is 2.43 bits per heavy atom. The fraction of sp³-hybridized carbons (Fsp3) is 1.00. The van der Waals surface area contributed by atoms with Crippen molar-refractivity contribution < 1.29 is 0 Å². The summed E-state index contributed by atoms with van der Waals surface area (Å²) in [7, 11) is 0. The Labute approximate surface area is 87.6 Å². The van der Waals surface area contributed by atoms with Gasteiger partial charge in [0.2, 0.25) is 0 Å². The predicted octanol–water partition coefficient (Wildman–Crippen LogP) is 1.89. The fourth-order valence-electron chi connectivity index (χ4n) is 2.31. The predicted molar refractivity (Wildman–Crippen MR) is 60.1 cm³/mol. The Hall–Kier alpha value is -0.0800. The van der Waals surface area contributed by atoms with Crippen LogP contribution in [-0.4, -0.2) is 18.6 Å². The van der Waals surface area contributed by atoms with Crippen LogP contribution in [0.1, 0.15) is 46.0 Å². The van der Waals surface area contributed by atoms with Crippen molar-refractivity contribution in [1.82, 2.24) is 5.32 Å². The molecule has 0 saturated heterocycles. The molecule has 0 aliphatic heterocycles. The molecule has 0 heterocycles. The van der Waals surface area contributed by atoms with Gasteiger partial charge in [-0.25, -0.2) is 0 Å².